The van der Waals surface area contributed by atoms with Crippen LogP contribution in [0.2, 0.25) is 0 Å². The molecule has 0 aliphatic rings. The van der Waals surface area contributed by atoms with E-state index in [9.17, 15) is 4.79 Å². The summed E-state index contributed by atoms with van der Waals surface area (Å²) in [5, 5.41) is 0. The SMILES string of the molecule is COC(=O)c1cc(-c2ccc(N(C)C)cc2)ccc1N. The van der Waals surface area contributed by atoms with E-state index in [1.54, 1.807) is 12.1 Å². The average molecular weight is 270 g/mol. The Hall–Kier alpha value is -2.49. The molecule has 0 heterocycles. The first-order chi connectivity index (χ1) is 9.52. The van der Waals surface area contributed by atoms with Gasteiger partial charge in [-0.05, 0) is 35.4 Å². The lowest BCUT2D eigenvalue weighted by atomic mass is 10.0. The predicted octanol–water partition coefficient (Wildman–Crippen LogP) is 2.79. The molecule has 0 saturated heterocycles. The van der Waals surface area contributed by atoms with E-state index in [1.165, 1.54) is 7.11 Å². The van der Waals surface area contributed by atoms with Crippen LogP contribution in [-0.2, 0) is 4.74 Å². The maximum absolute atomic E-state index is 11.7. The van der Waals surface area contributed by atoms with Crippen molar-refractivity contribution in [3.63, 3.8) is 0 Å². The van der Waals surface area contributed by atoms with Crippen molar-refractivity contribution in [2.24, 2.45) is 0 Å². The number of esters is 1. The zero-order valence-corrected chi connectivity index (χ0v) is 11.9. The lowest BCUT2D eigenvalue weighted by molar-refractivity contribution is 0.0602. The number of carbonyl (C=O) groups is 1. The van der Waals surface area contributed by atoms with Gasteiger partial charge in [0, 0.05) is 25.5 Å². The van der Waals surface area contributed by atoms with Crippen LogP contribution in [0, 0.1) is 0 Å². The Morgan fingerprint density at radius 3 is 2.20 bits per heavy atom. The molecule has 0 bridgehead atoms. The molecule has 20 heavy (non-hydrogen) atoms. The van der Waals surface area contributed by atoms with Gasteiger partial charge in [0.05, 0.1) is 12.7 Å². The van der Waals surface area contributed by atoms with Crippen molar-refractivity contribution in [3.8, 4) is 11.1 Å². The largest absolute Gasteiger partial charge is 0.465 e. The summed E-state index contributed by atoms with van der Waals surface area (Å²) in [5.74, 6) is -0.422. The first-order valence-electron chi connectivity index (χ1n) is 6.28. The molecule has 104 valence electrons. The Labute approximate surface area is 118 Å². The Morgan fingerprint density at radius 2 is 1.65 bits per heavy atom. The number of anilines is 2. The molecule has 2 N–H and O–H groups in total. The van der Waals surface area contributed by atoms with Gasteiger partial charge in [0.25, 0.3) is 0 Å². The number of hydrogen-bond acceptors (Lipinski definition) is 4. The molecule has 0 spiro atoms. The summed E-state index contributed by atoms with van der Waals surface area (Å²) in [4.78, 5) is 13.7. The van der Waals surface area contributed by atoms with Gasteiger partial charge in [-0.15, -0.1) is 0 Å². The number of rotatable bonds is 3. The van der Waals surface area contributed by atoms with Gasteiger partial charge in [-0.1, -0.05) is 18.2 Å². The molecular weight excluding hydrogens is 252 g/mol. The predicted molar refractivity (Wildman–Crippen MR) is 82.0 cm³/mol. The summed E-state index contributed by atoms with van der Waals surface area (Å²) >= 11 is 0. The average Bonchev–Trinajstić information content (AvgIpc) is 2.47. The van der Waals surface area contributed by atoms with Gasteiger partial charge in [-0.25, -0.2) is 4.79 Å². The third-order valence-corrected chi connectivity index (χ3v) is 3.18. The van der Waals surface area contributed by atoms with Crippen molar-refractivity contribution in [3.05, 3.63) is 48.0 Å². The van der Waals surface area contributed by atoms with Gasteiger partial charge in [0.15, 0.2) is 0 Å². The standard InChI is InChI=1S/C16H18N2O2/c1-18(2)13-7-4-11(5-8-13)12-6-9-15(17)14(10-12)16(19)20-3/h4-10H,17H2,1-3H3. The molecule has 0 atom stereocenters. The quantitative estimate of drug-likeness (QED) is 0.688. The van der Waals surface area contributed by atoms with Gasteiger partial charge in [-0.2, -0.15) is 0 Å². The number of hydrogen-bond donors (Lipinski definition) is 1. The van der Waals surface area contributed by atoms with E-state index in [1.807, 2.05) is 49.3 Å². The van der Waals surface area contributed by atoms with Gasteiger partial charge in [0.1, 0.15) is 0 Å². The highest BCUT2D eigenvalue weighted by molar-refractivity contribution is 5.96. The van der Waals surface area contributed by atoms with Crippen LogP contribution in [0.25, 0.3) is 11.1 Å². The second-order valence-corrected chi connectivity index (χ2v) is 4.73. The van der Waals surface area contributed by atoms with Crippen LogP contribution >= 0.6 is 0 Å². The van der Waals surface area contributed by atoms with E-state index in [0.717, 1.165) is 16.8 Å². The number of ether oxygens (including phenoxy) is 1. The lowest BCUT2D eigenvalue weighted by Gasteiger charge is -2.13. The summed E-state index contributed by atoms with van der Waals surface area (Å²) in [5.41, 5.74) is 9.70. The monoisotopic (exact) mass is 270 g/mol. The molecule has 0 aromatic heterocycles. The number of nitrogens with zero attached hydrogens (tertiary/aromatic N) is 1. The zero-order valence-electron chi connectivity index (χ0n) is 11.9. The van der Waals surface area contributed by atoms with Crippen LogP contribution in [0.4, 0.5) is 11.4 Å². The van der Waals surface area contributed by atoms with Crippen molar-refractivity contribution >= 4 is 17.3 Å². The molecule has 2 aromatic rings. The molecule has 0 saturated carbocycles. The maximum atomic E-state index is 11.7. The van der Waals surface area contributed by atoms with Crippen LogP contribution in [-0.4, -0.2) is 27.2 Å². The van der Waals surface area contributed by atoms with E-state index in [2.05, 4.69) is 0 Å². The van der Waals surface area contributed by atoms with Crippen molar-refractivity contribution in [2.45, 2.75) is 0 Å². The summed E-state index contributed by atoms with van der Waals surface area (Å²) in [7, 11) is 5.33. The number of benzene rings is 2. The number of nitrogens with two attached hydrogens (primary N) is 1. The molecule has 2 aromatic carbocycles. The van der Waals surface area contributed by atoms with Crippen molar-refractivity contribution in [2.75, 3.05) is 31.8 Å². The summed E-state index contributed by atoms with van der Waals surface area (Å²) in [6.45, 7) is 0. The number of methoxy groups -OCH3 is 1. The molecule has 0 aliphatic carbocycles. The van der Waals surface area contributed by atoms with Crippen LogP contribution in [0.15, 0.2) is 42.5 Å². The minimum atomic E-state index is -0.422. The summed E-state index contributed by atoms with van der Waals surface area (Å²) < 4.78 is 4.73. The smallest absolute Gasteiger partial charge is 0.339 e. The minimum Gasteiger partial charge on any atom is -0.465 e. The highest BCUT2D eigenvalue weighted by atomic mass is 16.5. The molecule has 4 heteroatoms. The minimum absolute atomic E-state index is 0.390. The molecule has 0 unspecified atom stereocenters. The summed E-state index contributed by atoms with van der Waals surface area (Å²) in [6, 6.07) is 13.5. The second kappa shape index (κ2) is 5.65. The molecule has 0 aliphatic heterocycles. The first kappa shape index (κ1) is 13.9. The van der Waals surface area contributed by atoms with E-state index in [0.29, 0.717) is 11.3 Å². The Morgan fingerprint density at radius 1 is 1.05 bits per heavy atom. The molecule has 0 amide bonds. The molecule has 4 nitrogen and oxygen atoms in total. The Balaban J connectivity index is 2.40. The number of carbonyl (C=O) groups excluding carboxylic acids is 1. The van der Waals surface area contributed by atoms with Gasteiger partial charge >= 0.3 is 5.97 Å². The fourth-order valence-corrected chi connectivity index (χ4v) is 1.97. The summed E-state index contributed by atoms with van der Waals surface area (Å²) in [6.07, 6.45) is 0. The third kappa shape index (κ3) is 2.74. The van der Waals surface area contributed by atoms with Crippen molar-refractivity contribution in [1.82, 2.24) is 0 Å². The highest BCUT2D eigenvalue weighted by Gasteiger charge is 2.11. The second-order valence-electron chi connectivity index (χ2n) is 4.73. The molecular formula is C16H18N2O2. The van der Waals surface area contributed by atoms with Crippen LogP contribution in [0.3, 0.4) is 0 Å². The van der Waals surface area contributed by atoms with Gasteiger partial charge < -0.3 is 15.4 Å². The normalized spacial score (nSPS) is 10.2. The number of nitrogen functional groups attached to an aromatic ring is 1. The van der Waals surface area contributed by atoms with Gasteiger partial charge in [-0.3, -0.25) is 0 Å². The van der Waals surface area contributed by atoms with E-state index < -0.39 is 5.97 Å². The Bertz CT molecular complexity index is 619. The van der Waals surface area contributed by atoms with Crippen molar-refractivity contribution in [1.29, 1.82) is 0 Å². The first-order valence-corrected chi connectivity index (χ1v) is 6.28. The zero-order chi connectivity index (χ0) is 14.7. The van der Waals surface area contributed by atoms with E-state index in [4.69, 9.17) is 10.5 Å². The Kier molecular flexibility index (Phi) is 3.94. The van der Waals surface area contributed by atoms with Crippen LogP contribution in [0.1, 0.15) is 10.4 Å². The maximum Gasteiger partial charge on any atom is 0.339 e. The van der Waals surface area contributed by atoms with Gasteiger partial charge in [0.2, 0.25) is 0 Å². The van der Waals surface area contributed by atoms with Crippen LogP contribution < -0.4 is 10.6 Å². The fourth-order valence-electron chi connectivity index (χ4n) is 1.97. The topological polar surface area (TPSA) is 55.6 Å². The van der Waals surface area contributed by atoms with Crippen LogP contribution in [0.5, 0.6) is 0 Å². The van der Waals surface area contributed by atoms with Crippen molar-refractivity contribution < 1.29 is 9.53 Å². The third-order valence-electron chi connectivity index (χ3n) is 3.18. The highest BCUT2D eigenvalue weighted by Crippen LogP contribution is 2.26. The lowest BCUT2D eigenvalue weighted by Crippen LogP contribution is -2.08. The van der Waals surface area contributed by atoms with E-state index >= 15 is 0 Å². The molecule has 0 radical (unpaired) electrons. The van der Waals surface area contributed by atoms with E-state index in [-0.39, 0.29) is 0 Å². The molecule has 0 fully saturated rings. The fraction of sp³-hybridized carbons (Fsp3) is 0.188. The molecule has 2 rings (SSSR count).